The number of amides is 1. The van der Waals surface area contributed by atoms with Crippen LogP contribution in [0.25, 0.3) is 5.57 Å². The van der Waals surface area contributed by atoms with Gasteiger partial charge in [-0.05, 0) is 140 Å². The van der Waals surface area contributed by atoms with Crippen LogP contribution in [-0.4, -0.2) is 89.7 Å². The predicted octanol–water partition coefficient (Wildman–Crippen LogP) is 10.1. The lowest BCUT2D eigenvalue weighted by atomic mass is 9.68. The predicted molar refractivity (Wildman–Crippen MR) is 279 cm³/mol. The average molecular weight is 935 g/mol. The Hall–Kier alpha value is -5.95. The maximum atomic E-state index is 12.0. The van der Waals surface area contributed by atoms with Crippen LogP contribution in [0.15, 0.2) is 110 Å². The van der Waals surface area contributed by atoms with Crippen molar-refractivity contribution in [1.29, 1.82) is 0 Å². The number of carbonyl (C=O) groups excluding carboxylic acids is 1. The van der Waals surface area contributed by atoms with Crippen LogP contribution in [0.5, 0.6) is 11.6 Å². The molecule has 372 valence electrons. The number of benzene rings is 2. The zero-order chi connectivity index (χ0) is 49.6. The molecule has 0 spiro atoms. The molecule has 13 nitrogen and oxygen atoms in total. The molecular formula is C55H82N8O5. The summed E-state index contributed by atoms with van der Waals surface area (Å²) in [5.74, 6) is 0.611. The van der Waals surface area contributed by atoms with Gasteiger partial charge in [0, 0.05) is 60.4 Å². The van der Waals surface area contributed by atoms with Gasteiger partial charge in [-0.3, -0.25) is 9.59 Å². The van der Waals surface area contributed by atoms with Crippen molar-refractivity contribution in [2.24, 2.45) is 16.9 Å². The minimum atomic E-state index is -1.14. The van der Waals surface area contributed by atoms with Gasteiger partial charge in [-0.25, -0.2) is 4.98 Å². The Morgan fingerprint density at radius 3 is 2.18 bits per heavy atom. The van der Waals surface area contributed by atoms with Crippen LogP contribution in [0, 0.1) is 5.41 Å². The molecule has 2 aromatic carbocycles. The highest BCUT2D eigenvalue weighted by Gasteiger charge is 2.51. The summed E-state index contributed by atoms with van der Waals surface area (Å²) in [6.07, 6.45) is 19.2. The SMILES string of the molecule is C=C.C=CNc1ccc(COc2ccccc2/C(C)=C/C(=C(N)N)N2CC3CCC(C2)N3c2ccnc(OC3CCC3)c2)cc1.CCCC.C[C@H](CCCCN(C)C)NC(=O)C1(C(=O)O)CCC1. The van der Waals surface area contributed by atoms with Gasteiger partial charge in [0.05, 0.1) is 5.70 Å². The Morgan fingerprint density at radius 1 is 0.971 bits per heavy atom. The molecule has 7 rings (SSSR count). The number of nitrogens with two attached hydrogens (primary N) is 2. The lowest BCUT2D eigenvalue weighted by Gasteiger charge is -2.44. The molecule has 13 heteroatoms. The second-order valence-electron chi connectivity index (χ2n) is 18.6. The van der Waals surface area contributed by atoms with E-state index in [4.69, 9.17) is 20.9 Å². The first-order valence-electron chi connectivity index (χ1n) is 24.8. The van der Waals surface area contributed by atoms with E-state index in [1.165, 1.54) is 24.9 Å². The normalized spacial score (nSPS) is 18.3. The number of carboxylic acids is 1. The highest BCUT2D eigenvalue weighted by Crippen LogP contribution is 2.42. The third-order valence-electron chi connectivity index (χ3n) is 13.2. The van der Waals surface area contributed by atoms with Crippen molar-refractivity contribution in [1.82, 2.24) is 20.1 Å². The Kier molecular flexibility index (Phi) is 22.3. The summed E-state index contributed by atoms with van der Waals surface area (Å²) in [5.41, 5.74) is 17.7. The summed E-state index contributed by atoms with van der Waals surface area (Å²) >= 11 is 0. The van der Waals surface area contributed by atoms with Gasteiger partial charge in [0.15, 0.2) is 0 Å². The van der Waals surface area contributed by atoms with Crippen molar-refractivity contribution in [2.75, 3.05) is 43.9 Å². The Morgan fingerprint density at radius 2 is 1.63 bits per heavy atom. The second-order valence-corrected chi connectivity index (χ2v) is 18.6. The number of carboxylic acid groups (broad SMARTS) is 1. The van der Waals surface area contributed by atoms with Crippen LogP contribution in [0.3, 0.4) is 0 Å². The van der Waals surface area contributed by atoms with Crippen LogP contribution in [0.2, 0.25) is 0 Å². The first-order chi connectivity index (χ1) is 32.8. The van der Waals surface area contributed by atoms with E-state index in [9.17, 15) is 14.7 Å². The maximum absolute atomic E-state index is 12.0. The molecule has 2 bridgehead atoms. The van der Waals surface area contributed by atoms with Gasteiger partial charge in [-0.15, -0.1) is 13.2 Å². The zero-order valence-corrected chi connectivity index (χ0v) is 42.0. The largest absolute Gasteiger partial charge is 0.488 e. The number of hydrogen-bond donors (Lipinski definition) is 5. The molecule has 1 amide bonds. The summed E-state index contributed by atoms with van der Waals surface area (Å²) in [6, 6.07) is 21.2. The minimum Gasteiger partial charge on any atom is -0.488 e. The monoisotopic (exact) mass is 935 g/mol. The minimum absolute atomic E-state index is 0.0477. The summed E-state index contributed by atoms with van der Waals surface area (Å²) in [4.78, 5) is 34.8. The molecule has 2 saturated carbocycles. The number of ether oxygens (including phenoxy) is 2. The smallest absolute Gasteiger partial charge is 0.319 e. The fraction of sp³-hybridized carbons (Fsp3) is 0.509. The van der Waals surface area contributed by atoms with E-state index in [0.717, 1.165) is 111 Å². The molecule has 2 aliphatic heterocycles. The number of pyridine rings is 1. The first-order valence-corrected chi connectivity index (χ1v) is 24.8. The van der Waals surface area contributed by atoms with Crippen molar-refractivity contribution in [2.45, 2.75) is 142 Å². The summed E-state index contributed by atoms with van der Waals surface area (Å²) in [5, 5.41) is 15.1. The summed E-state index contributed by atoms with van der Waals surface area (Å²) in [7, 11) is 4.08. The molecule has 2 saturated heterocycles. The van der Waals surface area contributed by atoms with E-state index in [1.54, 1.807) is 6.20 Å². The number of aromatic nitrogens is 1. The number of rotatable bonds is 20. The molecule has 3 atom stereocenters. The van der Waals surface area contributed by atoms with Gasteiger partial charge in [0.2, 0.25) is 11.8 Å². The third kappa shape index (κ3) is 15.5. The van der Waals surface area contributed by atoms with Gasteiger partial charge in [0.25, 0.3) is 0 Å². The molecule has 68 heavy (non-hydrogen) atoms. The van der Waals surface area contributed by atoms with Gasteiger partial charge in [-0.1, -0.05) is 76.4 Å². The van der Waals surface area contributed by atoms with Gasteiger partial charge in [-0.2, -0.15) is 0 Å². The van der Waals surface area contributed by atoms with Crippen molar-refractivity contribution in [3.05, 3.63) is 122 Å². The molecule has 0 radical (unpaired) electrons. The molecular weight excluding hydrogens is 853 g/mol. The number of piperazine rings is 1. The van der Waals surface area contributed by atoms with Crippen LogP contribution in [-0.2, 0) is 16.2 Å². The van der Waals surface area contributed by atoms with Crippen LogP contribution in [0.4, 0.5) is 11.4 Å². The zero-order valence-electron chi connectivity index (χ0n) is 42.0. The summed E-state index contributed by atoms with van der Waals surface area (Å²) < 4.78 is 12.4. The number of nitrogens with one attached hydrogen (secondary N) is 2. The number of aliphatic carboxylic acids is 1. The first kappa shape index (κ1) is 54.7. The van der Waals surface area contributed by atoms with E-state index in [1.807, 2.05) is 57.5 Å². The van der Waals surface area contributed by atoms with Crippen LogP contribution >= 0.6 is 0 Å². The number of allylic oxidation sites excluding steroid dienone is 2. The van der Waals surface area contributed by atoms with Crippen LogP contribution in [0.1, 0.15) is 122 Å². The van der Waals surface area contributed by atoms with E-state index >= 15 is 0 Å². The lowest BCUT2D eigenvalue weighted by Crippen LogP contribution is -2.53. The molecule has 1 aromatic heterocycles. The highest BCUT2D eigenvalue weighted by atomic mass is 16.5. The Bertz CT molecular complexity index is 2080. The quantitative estimate of drug-likeness (QED) is 0.0315. The fourth-order valence-corrected chi connectivity index (χ4v) is 8.72. The van der Waals surface area contributed by atoms with Crippen molar-refractivity contribution >= 4 is 28.8 Å². The van der Waals surface area contributed by atoms with Crippen molar-refractivity contribution in [3.8, 4) is 11.6 Å². The second kappa shape index (κ2) is 27.8. The van der Waals surface area contributed by atoms with Crippen molar-refractivity contribution < 1.29 is 24.2 Å². The van der Waals surface area contributed by atoms with Gasteiger partial charge < -0.3 is 51.4 Å². The number of fused-ring (bicyclic) bond motifs is 2. The Balaban J connectivity index is 0.000000337. The summed E-state index contributed by atoms with van der Waals surface area (Å²) in [6.45, 7) is 21.3. The average Bonchev–Trinajstić information content (AvgIpc) is 3.57. The van der Waals surface area contributed by atoms with E-state index < -0.39 is 11.4 Å². The van der Waals surface area contributed by atoms with Gasteiger partial charge in [0.1, 0.15) is 29.7 Å². The van der Waals surface area contributed by atoms with E-state index in [2.05, 4.69) is 107 Å². The number of likely N-dealkylation sites (tertiary alicyclic amines) is 1. The van der Waals surface area contributed by atoms with E-state index in [-0.39, 0.29) is 11.9 Å². The highest BCUT2D eigenvalue weighted by molar-refractivity contribution is 6.02. The topological polar surface area (TPSA) is 172 Å². The number of carbonyl (C=O) groups is 2. The lowest BCUT2D eigenvalue weighted by molar-refractivity contribution is -0.162. The standard InChI is InChI=1S/C35H42N6O2.C14H26N2O3.C4H10.C2H4/c1-3-38-26-13-11-25(12-14-26)23-42-33-10-5-4-9-31(33)24(2)19-32(35(36)37)40-21-28-15-16-29(22-40)41(28)27-17-18-39-34(20-27)43-30-7-6-8-30;1-11(7-4-5-10-16(2)3)15-12(17)14(13(18)19)8-6-9-14;1-3-4-2;1-2/h3-5,9-14,17-20,28-30,38H,1,6-8,15-16,21-23,36-37H2,2H3;11H,4-10H2,1-3H3,(H,15,17)(H,18,19);3-4H2,1-2H3;1-2H2/b24-19+;;;/t;11-;;/m.1../s1. The number of para-hydroxylation sites is 1. The number of nitrogens with zero attached hydrogens (tertiary/aromatic N) is 4. The van der Waals surface area contributed by atoms with E-state index in [0.29, 0.717) is 43.5 Å². The molecule has 4 aliphatic rings. The molecule has 2 aliphatic carbocycles. The fourth-order valence-electron chi connectivity index (χ4n) is 8.72. The number of unbranched alkanes of at least 4 members (excludes halogenated alkanes) is 2. The molecule has 2 unspecified atom stereocenters. The number of hydrogen-bond acceptors (Lipinski definition) is 11. The number of anilines is 2. The Labute approximate surface area is 407 Å². The maximum Gasteiger partial charge on any atom is 0.319 e. The molecule has 7 N–H and O–H groups in total. The molecule has 3 aromatic rings. The van der Waals surface area contributed by atoms with Crippen molar-refractivity contribution in [3.63, 3.8) is 0 Å². The molecule has 3 heterocycles. The van der Waals surface area contributed by atoms with Crippen LogP contribution < -0.4 is 36.5 Å². The molecule has 4 fully saturated rings. The van der Waals surface area contributed by atoms with Gasteiger partial charge >= 0.3 is 5.97 Å². The third-order valence-corrected chi connectivity index (χ3v) is 13.2.